The number of carbonyl (C=O) groups is 1. The Bertz CT molecular complexity index is 1430. The number of esters is 1. The maximum absolute atomic E-state index is 14.6. The van der Waals surface area contributed by atoms with Crippen LogP contribution in [-0.2, 0) is 28.7 Å². The van der Waals surface area contributed by atoms with Gasteiger partial charge in [0, 0.05) is 39.9 Å². The summed E-state index contributed by atoms with van der Waals surface area (Å²) in [5, 5.41) is 0.0148. The van der Waals surface area contributed by atoms with Crippen LogP contribution >= 0.6 is 11.6 Å². The number of hydrogen-bond acceptors (Lipinski definition) is 4. The van der Waals surface area contributed by atoms with Crippen molar-refractivity contribution in [1.29, 1.82) is 0 Å². The first-order valence-electron chi connectivity index (χ1n) is 10.9. The van der Waals surface area contributed by atoms with Crippen molar-refractivity contribution in [2.75, 3.05) is 6.61 Å². The van der Waals surface area contributed by atoms with E-state index in [-0.39, 0.29) is 40.5 Å². The van der Waals surface area contributed by atoms with Crippen LogP contribution in [-0.4, -0.2) is 17.6 Å². The van der Waals surface area contributed by atoms with E-state index in [1.807, 2.05) is 0 Å². The molecule has 0 spiro atoms. The second-order valence-corrected chi connectivity index (χ2v) is 8.83. The summed E-state index contributed by atoms with van der Waals surface area (Å²) >= 11 is 5.72. The van der Waals surface area contributed by atoms with Crippen LogP contribution in [0.4, 0.5) is 22.0 Å². The van der Waals surface area contributed by atoms with Crippen LogP contribution in [0.1, 0.15) is 35.1 Å². The Morgan fingerprint density at radius 3 is 2.58 bits per heavy atom. The summed E-state index contributed by atoms with van der Waals surface area (Å²) in [5.41, 5.74) is 0.951. The third-order valence-corrected chi connectivity index (χ3v) is 6.41. The van der Waals surface area contributed by atoms with Gasteiger partial charge in [-0.15, -0.1) is 0 Å². The highest BCUT2D eigenvalue weighted by Gasteiger charge is 2.48. The molecule has 0 N–H and O–H groups in total. The van der Waals surface area contributed by atoms with Crippen LogP contribution < -0.4 is 4.74 Å². The number of aromatic nitrogens is 1. The molecule has 4 nitrogen and oxygen atoms in total. The van der Waals surface area contributed by atoms with Gasteiger partial charge in [0.05, 0.1) is 12.2 Å². The summed E-state index contributed by atoms with van der Waals surface area (Å²) in [5.74, 6) is -2.42. The van der Waals surface area contributed by atoms with Gasteiger partial charge in [-0.05, 0) is 65.9 Å². The fourth-order valence-corrected chi connectivity index (χ4v) is 4.65. The van der Waals surface area contributed by atoms with Crippen molar-refractivity contribution in [3.05, 3.63) is 92.7 Å². The lowest BCUT2D eigenvalue weighted by Crippen LogP contribution is -2.11. The second-order valence-electron chi connectivity index (χ2n) is 8.39. The van der Waals surface area contributed by atoms with E-state index in [2.05, 4.69) is 4.98 Å². The predicted molar refractivity (Wildman–Crippen MR) is 120 cm³/mol. The summed E-state index contributed by atoms with van der Waals surface area (Å²) in [4.78, 5) is 16.2. The van der Waals surface area contributed by atoms with Crippen LogP contribution in [0.5, 0.6) is 5.88 Å². The highest BCUT2D eigenvalue weighted by Crippen LogP contribution is 2.56. The molecule has 3 aromatic rings. The van der Waals surface area contributed by atoms with Crippen LogP contribution in [0, 0.1) is 11.6 Å². The van der Waals surface area contributed by atoms with Gasteiger partial charge in [-0.25, -0.2) is 18.6 Å². The molecule has 2 aliphatic carbocycles. The van der Waals surface area contributed by atoms with Gasteiger partial charge in [-0.3, -0.25) is 0 Å². The number of pyridine rings is 1. The zero-order chi connectivity index (χ0) is 25.8. The lowest BCUT2D eigenvalue weighted by atomic mass is 9.96. The number of hydrogen-bond donors (Lipinski definition) is 0. The topological polar surface area (TPSA) is 48.4 Å². The molecule has 10 heteroatoms. The molecule has 0 bridgehead atoms. The Kier molecular flexibility index (Phi) is 5.98. The van der Waals surface area contributed by atoms with E-state index in [4.69, 9.17) is 21.1 Å². The Hall–Kier alpha value is -3.46. The van der Waals surface area contributed by atoms with E-state index in [1.54, 1.807) is 19.2 Å². The van der Waals surface area contributed by atoms with Crippen molar-refractivity contribution >= 4 is 17.6 Å². The third-order valence-electron chi connectivity index (χ3n) is 6.18. The highest BCUT2D eigenvalue weighted by molar-refractivity contribution is 6.30. The SMILES string of the molecule is CCOC(=O)C1=C2Cc3cc(OCc4cc(-c5ccc(Cl)cc5F)c(C(F)(F)F)cc4F)ncc3[C@@H]21. The molecule has 0 saturated heterocycles. The molecule has 5 rings (SSSR count). The number of fused-ring (bicyclic) bond motifs is 3. The fraction of sp³-hybridized carbons (Fsp3) is 0.231. The van der Waals surface area contributed by atoms with Gasteiger partial charge in [0.2, 0.25) is 5.88 Å². The predicted octanol–water partition coefficient (Wildman–Crippen LogP) is 6.79. The average Bonchev–Trinajstić information content (AvgIpc) is 3.39. The molecule has 1 atom stereocenters. The number of alkyl halides is 3. The molecule has 0 saturated carbocycles. The number of allylic oxidation sites excluding steroid dienone is 1. The minimum atomic E-state index is -4.92. The summed E-state index contributed by atoms with van der Waals surface area (Å²) in [6.07, 6.45) is -2.82. The third kappa shape index (κ3) is 4.32. The van der Waals surface area contributed by atoms with Crippen LogP contribution in [0.15, 0.2) is 53.7 Å². The van der Waals surface area contributed by atoms with E-state index in [0.29, 0.717) is 18.1 Å². The van der Waals surface area contributed by atoms with Gasteiger partial charge >= 0.3 is 12.1 Å². The summed E-state index contributed by atoms with van der Waals surface area (Å²) in [7, 11) is 0. The first-order valence-corrected chi connectivity index (χ1v) is 11.3. The summed E-state index contributed by atoms with van der Waals surface area (Å²) < 4.78 is 80.5. The van der Waals surface area contributed by atoms with E-state index >= 15 is 0 Å². The molecule has 1 aromatic heterocycles. The van der Waals surface area contributed by atoms with Crippen molar-refractivity contribution in [3.8, 4) is 17.0 Å². The van der Waals surface area contributed by atoms with E-state index in [9.17, 15) is 26.7 Å². The highest BCUT2D eigenvalue weighted by atomic mass is 35.5. The largest absolute Gasteiger partial charge is 0.473 e. The second kappa shape index (κ2) is 8.89. The number of ether oxygens (including phenoxy) is 2. The molecule has 0 fully saturated rings. The number of rotatable bonds is 6. The maximum Gasteiger partial charge on any atom is 0.417 e. The van der Waals surface area contributed by atoms with E-state index in [0.717, 1.165) is 34.9 Å². The van der Waals surface area contributed by atoms with Gasteiger partial charge in [0.25, 0.3) is 0 Å². The Balaban J connectivity index is 1.39. The van der Waals surface area contributed by atoms with Crippen molar-refractivity contribution in [2.45, 2.75) is 32.0 Å². The monoisotopic (exact) mass is 521 g/mol. The fourth-order valence-electron chi connectivity index (χ4n) is 4.49. The molecule has 0 radical (unpaired) electrons. The van der Waals surface area contributed by atoms with Crippen LogP contribution in [0.3, 0.4) is 0 Å². The molecular weight excluding hydrogens is 505 g/mol. The lowest BCUT2D eigenvalue weighted by molar-refractivity contribution is -0.138. The van der Waals surface area contributed by atoms with Gasteiger partial charge in [-0.1, -0.05) is 11.6 Å². The molecule has 186 valence electrons. The standard InChI is InChI=1S/C26H17ClF5NO3/c1-2-35-25(34)24-17-5-12-7-22(33-10-18(12)23(17)24)36-11-13-6-16(15-4-3-14(27)8-21(15)29)19(9-20(13)28)26(30,31)32/h3-4,6-10,23H,2,5,11H2,1H3/t23-/m1/s1. The first-order chi connectivity index (χ1) is 17.1. The van der Waals surface area contributed by atoms with Gasteiger partial charge in [0.1, 0.15) is 18.2 Å². The van der Waals surface area contributed by atoms with E-state index < -0.39 is 35.5 Å². The Labute approximate surface area is 207 Å². The van der Waals surface area contributed by atoms with Crippen molar-refractivity contribution in [3.63, 3.8) is 0 Å². The molecule has 2 aliphatic rings. The molecular formula is C26H17ClF5NO3. The summed E-state index contributed by atoms with van der Waals surface area (Å²) in [6.45, 7) is 1.58. The van der Waals surface area contributed by atoms with Gasteiger partial charge in [-0.2, -0.15) is 13.2 Å². The average molecular weight is 522 g/mol. The Morgan fingerprint density at radius 1 is 1.11 bits per heavy atom. The molecule has 0 unspecified atom stereocenters. The minimum Gasteiger partial charge on any atom is -0.473 e. The quantitative estimate of drug-likeness (QED) is 0.265. The van der Waals surface area contributed by atoms with Gasteiger partial charge < -0.3 is 9.47 Å². The molecule has 2 aromatic carbocycles. The number of benzene rings is 2. The smallest absolute Gasteiger partial charge is 0.417 e. The lowest BCUT2D eigenvalue weighted by Gasteiger charge is -2.17. The van der Waals surface area contributed by atoms with Crippen molar-refractivity contribution in [2.24, 2.45) is 0 Å². The first kappa shape index (κ1) is 24.2. The molecule has 0 amide bonds. The number of nitrogens with zero attached hydrogens (tertiary/aromatic N) is 1. The van der Waals surface area contributed by atoms with Gasteiger partial charge in [0.15, 0.2) is 0 Å². The van der Waals surface area contributed by atoms with Crippen LogP contribution in [0.25, 0.3) is 11.1 Å². The molecule has 1 heterocycles. The van der Waals surface area contributed by atoms with Crippen molar-refractivity contribution in [1.82, 2.24) is 4.98 Å². The van der Waals surface area contributed by atoms with Crippen molar-refractivity contribution < 1.29 is 36.2 Å². The minimum absolute atomic E-state index is 0.0148. The number of carbonyl (C=O) groups excluding carboxylic acids is 1. The van der Waals surface area contributed by atoms with E-state index in [1.165, 1.54) is 6.07 Å². The maximum atomic E-state index is 14.6. The zero-order valence-electron chi connectivity index (χ0n) is 18.7. The number of halogens is 6. The zero-order valence-corrected chi connectivity index (χ0v) is 19.4. The Morgan fingerprint density at radius 2 is 1.89 bits per heavy atom. The summed E-state index contributed by atoms with van der Waals surface area (Å²) in [6, 6.07) is 6.15. The normalized spacial score (nSPS) is 16.0. The molecule has 36 heavy (non-hydrogen) atoms. The molecule has 0 aliphatic heterocycles. The van der Waals surface area contributed by atoms with Crippen LogP contribution in [0.2, 0.25) is 5.02 Å².